The Hall–Kier alpha value is -2.53. The van der Waals surface area contributed by atoms with E-state index in [1.807, 2.05) is 59.5 Å². The Morgan fingerprint density at radius 3 is 2.52 bits per heavy atom. The van der Waals surface area contributed by atoms with Gasteiger partial charge in [0.05, 0.1) is 12.1 Å². The monoisotopic (exact) mass is 354 g/mol. The summed E-state index contributed by atoms with van der Waals surface area (Å²) >= 11 is 5.95. The summed E-state index contributed by atoms with van der Waals surface area (Å²) in [7, 11) is 0. The van der Waals surface area contributed by atoms with Gasteiger partial charge < -0.3 is 10.2 Å². The molecule has 0 bridgehead atoms. The number of hydrogen-bond donors (Lipinski definition) is 1. The molecule has 25 heavy (non-hydrogen) atoms. The van der Waals surface area contributed by atoms with E-state index in [0.29, 0.717) is 18.1 Å². The van der Waals surface area contributed by atoms with E-state index in [1.165, 1.54) is 0 Å². The second-order valence-corrected chi connectivity index (χ2v) is 6.78. The summed E-state index contributed by atoms with van der Waals surface area (Å²) < 4.78 is 0. The minimum Gasteiger partial charge on any atom is -0.379 e. The van der Waals surface area contributed by atoms with E-state index in [1.54, 1.807) is 11.2 Å². The molecule has 1 atom stereocenters. The van der Waals surface area contributed by atoms with Crippen LogP contribution in [0.4, 0.5) is 10.5 Å². The number of rotatable bonds is 3. The summed E-state index contributed by atoms with van der Waals surface area (Å²) in [4.78, 5) is 14.6. The van der Waals surface area contributed by atoms with Crippen molar-refractivity contribution in [3.63, 3.8) is 0 Å². The van der Waals surface area contributed by atoms with E-state index in [2.05, 4.69) is 10.4 Å². The van der Waals surface area contributed by atoms with E-state index < -0.39 is 0 Å². The highest BCUT2D eigenvalue weighted by Crippen LogP contribution is 2.31. The lowest BCUT2D eigenvalue weighted by atomic mass is 10.0. The van der Waals surface area contributed by atoms with Gasteiger partial charge >= 0.3 is 6.03 Å². The molecule has 6 heteroatoms. The lowest BCUT2D eigenvalue weighted by molar-refractivity contribution is 0.111. The predicted molar refractivity (Wildman–Crippen MR) is 100.0 cm³/mol. The van der Waals surface area contributed by atoms with Crippen LogP contribution in [0.1, 0.15) is 18.0 Å². The number of amides is 2. The number of carbonyl (C=O) groups is 1. The second kappa shape index (κ2) is 6.76. The van der Waals surface area contributed by atoms with Gasteiger partial charge in [0.25, 0.3) is 0 Å². The van der Waals surface area contributed by atoms with Crippen LogP contribution in [-0.2, 0) is 0 Å². The highest BCUT2D eigenvalue weighted by molar-refractivity contribution is 6.30. The largest absolute Gasteiger partial charge is 0.379 e. The van der Waals surface area contributed by atoms with Crippen molar-refractivity contribution in [1.82, 2.24) is 9.91 Å². The number of anilines is 1. The molecule has 0 saturated carbocycles. The maximum atomic E-state index is 12.8. The Balaban J connectivity index is 1.36. The molecule has 2 aromatic carbocycles. The Bertz CT molecular complexity index is 772. The summed E-state index contributed by atoms with van der Waals surface area (Å²) in [6, 6.07) is 17.9. The molecular weight excluding hydrogens is 336 g/mol. The number of nitrogens with one attached hydrogen (secondary N) is 1. The lowest BCUT2D eigenvalue weighted by Gasteiger charge is -2.42. The Morgan fingerprint density at radius 2 is 1.80 bits per heavy atom. The molecule has 128 valence electrons. The molecule has 2 aliphatic heterocycles. The summed E-state index contributed by atoms with van der Waals surface area (Å²) in [5.41, 5.74) is 2.13. The Kier molecular flexibility index (Phi) is 4.32. The van der Waals surface area contributed by atoms with Crippen LogP contribution in [0.15, 0.2) is 59.7 Å². The zero-order valence-corrected chi connectivity index (χ0v) is 14.4. The van der Waals surface area contributed by atoms with Crippen LogP contribution in [0, 0.1) is 0 Å². The third kappa shape index (κ3) is 3.33. The predicted octanol–water partition coefficient (Wildman–Crippen LogP) is 3.99. The second-order valence-electron chi connectivity index (χ2n) is 6.34. The van der Waals surface area contributed by atoms with E-state index in [9.17, 15) is 4.79 Å². The van der Waals surface area contributed by atoms with Gasteiger partial charge in [0.1, 0.15) is 0 Å². The van der Waals surface area contributed by atoms with Crippen molar-refractivity contribution >= 4 is 29.5 Å². The van der Waals surface area contributed by atoms with Crippen LogP contribution in [0.3, 0.4) is 0 Å². The zero-order chi connectivity index (χ0) is 17.2. The van der Waals surface area contributed by atoms with Gasteiger partial charge in [-0.1, -0.05) is 41.9 Å². The zero-order valence-electron chi connectivity index (χ0n) is 13.7. The molecule has 1 unspecified atom stereocenters. The normalized spacial score (nSPS) is 19.8. The summed E-state index contributed by atoms with van der Waals surface area (Å²) in [6.45, 7) is 1.38. The lowest BCUT2D eigenvalue weighted by Crippen LogP contribution is -2.59. The number of para-hydroxylation sites is 1. The van der Waals surface area contributed by atoms with Crippen LogP contribution in [0.25, 0.3) is 0 Å². The molecule has 0 aliphatic carbocycles. The minimum atomic E-state index is -0.0501. The number of urea groups is 1. The van der Waals surface area contributed by atoms with Crippen LogP contribution in [0.5, 0.6) is 0 Å². The molecule has 1 fully saturated rings. The van der Waals surface area contributed by atoms with Crippen molar-refractivity contribution in [1.29, 1.82) is 0 Å². The number of carbonyl (C=O) groups excluding carboxylic acids is 1. The number of nitrogens with zero attached hydrogens (tertiary/aromatic N) is 3. The molecule has 0 radical (unpaired) electrons. The number of likely N-dealkylation sites (tertiary alicyclic amines) is 1. The fourth-order valence-corrected chi connectivity index (χ4v) is 3.33. The molecule has 1 saturated heterocycles. The quantitative estimate of drug-likeness (QED) is 0.906. The molecule has 2 heterocycles. The van der Waals surface area contributed by atoms with Gasteiger partial charge in [-0.05, 0) is 29.8 Å². The molecule has 0 spiro atoms. The average molecular weight is 355 g/mol. The highest BCUT2D eigenvalue weighted by Gasteiger charge is 2.37. The molecular formula is C19H19ClN4O. The maximum absolute atomic E-state index is 12.8. The standard InChI is InChI=1S/C19H19ClN4O/c20-15-8-6-14(7-9-15)18-10-11-21-24(18)19(25)23-12-17(13-23)22-16-4-2-1-3-5-16/h1-9,11,17-18,22H,10,12-13H2. The molecule has 2 aromatic rings. The molecule has 2 amide bonds. The molecule has 0 aromatic heterocycles. The van der Waals surface area contributed by atoms with Gasteiger partial charge in [-0.25, -0.2) is 9.80 Å². The smallest absolute Gasteiger partial charge is 0.341 e. The van der Waals surface area contributed by atoms with Crippen LogP contribution < -0.4 is 5.32 Å². The van der Waals surface area contributed by atoms with Gasteiger partial charge in [-0.3, -0.25) is 0 Å². The number of hydrogen-bond acceptors (Lipinski definition) is 3. The van der Waals surface area contributed by atoms with Crippen LogP contribution in [0.2, 0.25) is 5.02 Å². The van der Waals surface area contributed by atoms with E-state index in [0.717, 1.165) is 17.7 Å². The highest BCUT2D eigenvalue weighted by atomic mass is 35.5. The molecule has 4 rings (SSSR count). The van der Waals surface area contributed by atoms with Crippen molar-refractivity contribution in [3.8, 4) is 0 Å². The summed E-state index contributed by atoms with van der Waals surface area (Å²) in [5, 5.41) is 10.0. The SMILES string of the molecule is O=C(N1CC(Nc2ccccc2)C1)N1N=CCC1c1ccc(Cl)cc1. The summed E-state index contributed by atoms with van der Waals surface area (Å²) in [6.07, 6.45) is 2.53. The first-order valence-corrected chi connectivity index (χ1v) is 8.76. The number of hydrazone groups is 1. The first-order valence-electron chi connectivity index (χ1n) is 8.38. The third-order valence-electron chi connectivity index (χ3n) is 4.58. The van der Waals surface area contributed by atoms with Gasteiger partial charge in [-0.15, -0.1) is 0 Å². The van der Waals surface area contributed by atoms with Crippen molar-refractivity contribution in [2.24, 2.45) is 5.10 Å². The topological polar surface area (TPSA) is 47.9 Å². The fraction of sp³-hybridized carbons (Fsp3) is 0.263. The van der Waals surface area contributed by atoms with Gasteiger partial charge in [0.2, 0.25) is 0 Å². The maximum Gasteiger partial charge on any atom is 0.341 e. The molecule has 2 aliphatic rings. The van der Waals surface area contributed by atoms with Crippen molar-refractivity contribution in [2.75, 3.05) is 18.4 Å². The third-order valence-corrected chi connectivity index (χ3v) is 4.83. The van der Waals surface area contributed by atoms with E-state index >= 15 is 0 Å². The summed E-state index contributed by atoms with van der Waals surface area (Å²) in [5.74, 6) is 0. The van der Waals surface area contributed by atoms with Crippen molar-refractivity contribution in [2.45, 2.75) is 18.5 Å². The van der Waals surface area contributed by atoms with Crippen molar-refractivity contribution in [3.05, 3.63) is 65.2 Å². The Morgan fingerprint density at radius 1 is 1.08 bits per heavy atom. The van der Waals surface area contributed by atoms with Crippen LogP contribution >= 0.6 is 11.6 Å². The van der Waals surface area contributed by atoms with Crippen molar-refractivity contribution < 1.29 is 4.79 Å². The van der Waals surface area contributed by atoms with Gasteiger partial charge in [0.15, 0.2) is 0 Å². The fourth-order valence-electron chi connectivity index (χ4n) is 3.20. The van der Waals surface area contributed by atoms with Gasteiger partial charge in [-0.2, -0.15) is 5.10 Å². The number of benzene rings is 2. The molecule has 1 N–H and O–H groups in total. The average Bonchev–Trinajstić information content (AvgIpc) is 3.08. The van der Waals surface area contributed by atoms with E-state index in [-0.39, 0.29) is 18.1 Å². The van der Waals surface area contributed by atoms with Gasteiger partial charge in [0, 0.05) is 36.4 Å². The Labute approximate surface area is 151 Å². The first-order chi connectivity index (χ1) is 12.2. The number of halogens is 1. The van der Waals surface area contributed by atoms with E-state index in [4.69, 9.17) is 11.6 Å². The first kappa shape index (κ1) is 16.0. The van der Waals surface area contributed by atoms with Crippen LogP contribution in [-0.4, -0.2) is 41.3 Å². The minimum absolute atomic E-state index is 0.0418. The molecule has 5 nitrogen and oxygen atoms in total.